The molecule has 1 aromatic carbocycles. The monoisotopic (exact) mass is 385 g/mol. The van der Waals surface area contributed by atoms with Crippen LogP contribution in [0.4, 0.5) is 4.39 Å². The smallest absolute Gasteiger partial charge is 0.234 e. The van der Waals surface area contributed by atoms with E-state index in [0.29, 0.717) is 13.0 Å². The second-order valence-corrected chi connectivity index (χ2v) is 5.72. The lowest BCUT2D eigenvalue weighted by atomic mass is 10.2. The van der Waals surface area contributed by atoms with Crippen molar-refractivity contribution in [3.8, 4) is 0 Å². The molecule has 94 valence electrons. The summed E-state index contributed by atoms with van der Waals surface area (Å²) in [5.74, 6) is -0.552. The van der Waals surface area contributed by atoms with Crippen molar-refractivity contribution in [3.05, 3.63) is 34.6 Å². The molecule has 1 atom stereocenters. The van der Waals surface area contributed by atoms with Crippen LogP contribution in [0.3, 0.4) is 0 Å². The fraction of sp³-hybridized carbons (Fsp3) is 0.364. The van der Waals surface area contributed by atoms with E-state index in [1.165, 1.54) is 12.1 Å². The molecule has 2 nitrogen and oxygen atoms in total. The van der Waals surface area contributed by atoms with E-state index in [2.05, 4.69) is 37.2 Å². The van der Waals surface area contributed by atoms with Gasteiger partial charge in [-0.1, -0.05) is 49.5 Å². The first-order valence-electron chi connectivity index (χ1n) is 4.96. The molecule has 1 aromatic rings. The summed E-state index contributed by atoms with van der Waals surface area (Å²) < 4.78 is 12.9. The molecule has 17 heavy (non-hydrogen) atoms. The Morgan fingerprint density at radius 2 is 2.24 bits per heavy atom. The molecule has 0 saturated heterocycles. The van der Waals surface area contributed by atoms with Crippen LogP contribution in [0.15, 0.2) is 18.2 Å². The van der Waals surface area contributed by atoms with Crippen LogP contribution in [0.1, 0.15) is 12.0 Å². The third-order valence-corrected chi connectivity index (χ3v) is 3.72. The Kier molecular flexibility index (Phi) is 6.44. The zero-order valence-electron chi connectivity index (χ0n) is 8.85. The molecule has 0 aliphatic carbocycles. The fourth-order valence-corrected chi connectivity index (χ4v) is 2.84. The standard InChI is InChI=1S/C11H11Br2ClFNO/c12-4-3-8(13)11(17)16-6-7-1-2-10(15)9(14)5-7/h1-2,5,8H,3-4,6H2,(H,16,17). The molecule has 0 saturated carbocycles. The van der Waals surface area contributed by atoms with Gasteiger partial charge in [0.2, 0.25) is 5.91 Å². The Morgan fingerprint density at radius 1 is 1.53 bits per heavy atom. The number of hydrogen-bond acceptors (Lipinski definition) is 1. The van der Waals surface area contributed by atoms with Crippen molar-refractivity contribution in [2.45, 2.75) is 17.8 Å². The van der Waals surface area contributed by atoms with Gasteiger partial charge in [0.05, 0.1) is 9.85 Å². The summed E-state index contributed by atoms with van der Waals surface area (Å²) in [6.45, 7) is 0.337. The lowest BCUT2D eigenvalue weighted by Gasteiger charge is -2.09. The zero-order valence-corrected chi connectivity index (χ0v) is 12.8. The van der Waals surface area contributed by atoms with Crippen molar-refractivity contribution in [1.82, 2.24) is 5.32 Å². The first-order valence-corrected chi connectivity index (χ1v) is 7.37. The summed E-state index contributed by atoms with van der Waals surface area (Å²) in [6, 6.07) is 4.38. The Balaban J connectivity index is 2.50. The number of amides is 1. The third kappa shape index (κ3) is 4.94. The van der Waals surface area contributed by atoms with Crippen LogP contribution in [0.25, 0.3) is 0 Å². The van der Waals surface area contributed by atoms with Gasteiger partial charge >= 0.3 is 0 Å². The Labute approximate surface area is 121 Å². The van der Waals surface area contributed by atoms with Crippen LogP contribution in [-0.4, -0.2) is 16.1 Å². The molecule has 0 fully saturated rings. The molecule has 1 amide bonds. The molecular formula is C11H11Br2ClFNO. The van der Waals surface area contributed by atoms with Crippen molar-refractivity contribution >= 4 is 49.4 Å². The lowest BCUT2D eigenvalue weighted by Crippen LogP contribution is -2.30. The minimum atomic E-state index is -0.459. The maximum atomic E-state index is 12.9. The first-order chi connectivity index (χ1) is 8.04. The molecule has 6 heteroatoms. The summed E-state index contributed by atoms with van der Waals surface area (Å²) in [4.78, 5) is 11.3. The quantitative estimate of drug-likeness (QED) is 0.768. The number of benzene rings is 1. The minimum Gasteiger partial charge on any atom is -0.351 e. The van der Waals surface area contributed by atoms with Gasteiger partial charge in [-0.05, 0) is 24.1 Å². The highest BCUT2D eigenvalue weighted by atomic mass is 79.9. The van der Waals surface area contributed by atoms with E-state index in [1.54, 1.807) is 6.07 Å². The summed E-state index contributed by atoms with van der Waals surface area (Å²) in [7, 11) is 0. The van der Waals surface area contributed by atoms with Gasteiger partial charge in [0.25, 0.3) is 0 Å². The average molecular weight is 387 g/mol. The van der Waals surface area contributed by atoms with Crippen molar-refractivity contribution in [2.75, 3.05) is 5.33 Å². The number of rotatable bonds is 5. The van der Waals surface area contributed by atoms with Gasteiger partial charge in [0.1, 0.15) is 5.82 Å². The van der Waals surface area contributed by atoms with Gasteiger partial charge in [0, 0.05) is 11.9 Å². The van der Waals surface area contributed by atoms with Gasteiger partial charge in [-0.15, -0.1) is 0 Å². The van der Waals surface area contributed by atoms with Crippen LogP contribution >= 0.6 is 43.5 Å². The third-order valence-electron chi connectivity index (χ3n) is 2.10. The molecular weight excluding hydrogens is 376 g/mol. The van der Waals surface area contributed by atoms with E-state index in [4.69, 9.17) is 11.6 Å². The van der Waals surface area contributed by atoms with Crippen molar-refractivity contribution in [1.29, 1.82) is 0 Å². The number of carbonyl (C=O) groups excluding carboxylic acids is 1. The molecule has 0 aliphatic heterocycles. The predicted molar refractivity (Wildman–Crippen MR) is 74.4 cm³/mol. The normalized spacial score (nSPS) is 12.2. The highest BCUT2D eigenvalue weighted by Gasteiger charge is 2.13. The first kappa shape index (κ1) is 14.9. The van der Waals surface area contributed by atoms with Crippen LogP contribution in [0.5, 0.6) is 0 Å². The van der Waals surface area contributed by atoms with Crippen LogP contribution in [0.2, 0.25) is 5.02 Å². The number of nitrogens with one attached hydrogen (secondary N) is 1. The topological polar surface area (TPSA) is 29.1 Å². The SMILES string of the molecule is O=C(NCc1ccc(F)c(Cl)c1)C(Br)CCBr. The summed E-state index contributed by atoms with van der Waals surface area (Å²) in [6.07, 6.45) is 0.704. The van der Waals surface area contributed by atoms with Crippen molar-refractivity contribution in [2.24, 2.45) is 0 Å². The van der Waals surface area contributed by atoms with Gasteiger partial charge in [0.15, 0.2) is 0 Å². The molecule has 0 bridgehead atoms. The predicted octanol–water partition coefficient (Wildman–Crippen LogP) is 3.64. The second-order valence-electron chi connectivity index (χ2n) is 3.41. The maximum Gasteiger partial charge on any atom is 0.234 e. The average Bonchev–Trinajstić information content (AvgIpc) is 2.30. The Hall–Kier alpha value is -0.130. The number of hydrogen-bond donors (Lipinski definition) is 1. The van der Waals surface area contributed by atoms with Gasteiger partial charge in [-0.25, -0.2) is 4.39 Å². The maximum absolute atomic E-state index is 12.9. The van der Waals surface area contributed by atoms with Gasteiger partial charge in [-0.3, -0.25) is 4.79 Å². The van der Waals surface area contributed by atoms with Crippen LogP contribution < -0.4 is 5.32 Å². The minimum absolute atomic E-state index is 0.0626. The van der Waals surface area contributed by atoms with E-state index in [9.17, 15) is 9.18 Å². The van der Waals surface area contributed by atoms with E-state index in [0.717, 1.165) is 10.9 Å². The molecule has 0 radical (unpaired) electrons. The lowest BCUT2D eigenvalue weighted by molar-refractivity contribution is -0.120. The van der Waals surface area contributed by atoms with Crippen LogP contribution in [-0.2, 0) is 11.3 Å². The van der Waals surface area contributed by atoms with Crippen LogP contribution in [0, 0.1) is 5.82 Å². The molecule has 0 aromatic heterocycles. The number of carbonyl (C=O) groups is 1. The zero-order chi connectivity index (χ0) is 12.8. The molecule has 0 heterocycles. The fourth-order valence-electron chi connectivity index (χ4n) is 1.18. The highest BCUT2D eigenvalue weighted by Crippen LogP contribution is 2.16. The number of alkyl halides is 2. The molecule has 1 rings (SSSR count). The van der Waals surface area contributed by atoms with E-state index in [1.807, 2.05) is 0 Å². The highest BCUT2D eigenvalue weighted by molar-refractivity contribution is 9.10. The largest absolute Gasteiger partial charge is 0.351 e. The number of halogens is 4. The molecule has 1 unspecified atom stereocenters. The Bertz CT molecular complexity index is 403. The molecule has 0 aliphatic rings. The summed E-state index contributed by atoms with van der Waals surface area (Å²) in [5.41, 5.74) is 0.767. The van der Waals surface area contributed by atoms with Gasteiger partial charge < -0.3 is 5.32 Å². The van der Waals surface area contributed by atoms with E-state index >= 15 is 0 Å². The van der Waals surface area contributed by atoms with Crippen molar-refractivity contribution < 1.29 is 9.18 Å². The molecule has 0 spiro atoms. The summed E-state index contributed by atoms with van der Waals surface area (Å²) >= 11 is 12.2. The Morgan fingerprint density at radius 3 is 2.82 bits per heavy atom. The second kappa shape index (κ2) is 7.34. The van der Waals surface area contributed by atoms with Gasteiger partial charge in [-0.2, -0.15) is 0 Å². The van der Waals surface area contributed by atoms with E-state index < -0.39 is 5.82 Å². The van der Waals surface area contributed by atoms with Crippen molar-refractivity contribution in [3.63, 3.8) is 0 Å². The molecule has 1 N–H and O–H groups in total. The van der Waals surface area contributed by atoms with E-state index in [-0.39, 0.29) is 15.8 Å². The summed E-state index contributed by atoms with van der Waals surface area (Å²) in [5, 5.41) is 3.55.